The van der Waals surface area contributed by atoms with Gasteiger partial charge in [-0.15, -0.1) is 0 Å². The van der Waals surface area contributed by atoms with Crippen LogP contribution < -0.4 is 5.73 Å². The van der Waals surface area contributed by atoms with E-state index in [-0.39, 0.29) is 16.6 Å². The molecular formula is C24H29N3O4S2. The highest BCUT2D eigenvalue weighted by molar-refractivity contribution is 7.90. The van der Waals surface area contributed by atoms with Crippen molar-refractivity contribution in [2.45, 2.75) is 55.3 Å². The summed E-state index contributed by atoms with van der Waals surface area (Å²) in [4.78, 5) is 19.0. The fourth-order valence-corrected chi connectivity index (χ4v) is 6.65. The number of rotatable bonds is 7. The topological polar surface area (TPSA) is 114 Å². The highest BCUT2D eigenvalue weighted by Crippen LogP contribution is 2.31. The van der Waals surface area contributed by atoms with Crippen molar-refractivity contribution in [3.8, 4) is 0 Å². The minimum atomic E-state index is -3.64. The third-order valence-electron chi connectivity index (χ3n) is 6.27. The third-order valence-corrected chi connectivity index (χ3v) is 8.83. The first kappa shape index (κ1) is 23.7. The number of anilines is 1. The van der Waals surface area contributed by atoms with E-state index in [1.54, 1.807) is 47.4 Å². The minimum absolute atomic E-state index is 0.0929. The average molecular weight is 488 g/mol. The van der Waals surface area contributed by atoms with Crippen LogP contribution in [0.1, 0.15) is 54.9 Å². The van der Waals surface area contributed by atoms with Crippen molar-refractivity contribution in [1.29, 1.82) is 0 Å². The summed E-state index contributed by atoms with van der Waals surface area (Å²) in [7, 11) is -3.64. The highest BCUT2D eigenvalue weighted by Gasteiger charge is 2.33. The van der Waals surface area contributed by atoms with Crippen LogP contribution in [-0.4, -0.2) is 48.0 Å². The van der Waals surface area contributed by atoms with Crippen LogP contribution in [0.5, 0.6) is 0 Å². The summed E-state index contributed by atoms with van der Waals surface area (Å²) in [6.07, 6.45) is 3.97. The van der Waals surface area contributed by atoms with Crippen molar-refractivity contribution >= 4 is 42.4 Å². The second-order valence-electron chi connectivity index (χ2n) is 8.73. The number of nitrogens with zero attached hydrogens (tertiary/aromatic N) is 2. The number of benzene rings is 2. The van der Waals surface area contributed by atoms with Gasteiger partial charge in [-0.1, -0.05) is 49.3 Å². The molecule has 1 aliphatic heterocycles. The van der Waals surface area contributed by atoms with Crippen LogP contribution in [0.15, 0.2) is 47.4 Å². The first-order valence-corrected chi connectivity index (χ1v) is 13.7. The van der Waals surface area contributed by atoms with Gasteiger partial charge < -0.3 is 15.7 Å². The van der Waals surface area contributed by atoms with Gasteiger partial charge in [-0.25, -0.2) is 13.4 Å². The Hall–Kier alpha value is -2.49. The molecule has 0 radical (unpaired) electrons. The molecule has 7 nitrogen and oxygen atoms in total. The first-order valence-electron chi connectivity index (χ1n) is 11.2. The van der Waals surface area contributed by atoms with E-state index >= 15 is 0 Å². The quantitative estimate of drug-likeness (QED) is 0.521. The zero-order valence-corrected chi connectivity index (χ0v) is 20.3. The maximum Gasteiger partial charge on any atom is 0.253 e. The number of hydrogen-bond acceptors (Lipinski definition) is 7. The summed E-state index contributed by atoms with van der Waals surface area (Å²) in [6, 6.07) is 11.8. The van der Waals surface area contributed by atoms with Crippen molar-refractivity contribution < 1.29 is 18.3 Å². The van der Waals surface area contributed by atoms with E-state index in [1.807, 2.05) is 0 Å². The smallest absolute Gasteiger partial charge is 0.253 e. The lowest BCUT2D eigenvalue weighted by molar-refractivity contribution is -0.0242. The number of carbonyl (C=O) groups is 1. The van der Waals surface area contributed by atoms with Crippen LogP contribution in [0, 0.1) is 0 Å². The Balaban J connectivity index is 1.43. The van der Waals surface area contributed by atoms with E-state index in [0.717, 1.165) is 24.0 Å². The Morgan fingerprint density at radius 2 is 1.88 bits per heavy atom. The summed E-state index contributed by atoms with van der Waals surface area (Å²) in [6.45, 7) is 3.15. The molecule has 1 fully saturated rings. The summed E-state index contributed by atoms with van der Waals surface area (Å²) in [5.41, 5.74) is 6.60. The zero-order valence-electron chi connectivity index (χ0n) is 18.7. The number of nitrogens with two attached hydrogens (primary N) is 1. The Morgan fingerprint density at radius 1 is 1.18 bits per heavy atom. The first-order chi connectivity index (χ1) is 15.7. The molecule has 3 N–H and O–H groups in total. The van der Waals surface area contributed by atoms with Crippen molar-refractivity contribution in [2.75, 3.05) is 18.8 Å². The second kappa shape index (κ2) is 9.40. The van der Waals surface area contributed by atoms with Gasteiger partial charge in [-0.05, 0) is 49.1 Å². The number of carbonyl (C=O) groups excluding carboxylic acids is 1. The maximum absolute atomic E-state index is 13.1. The monoisotopic (exact) mass is 487 g/mol. The predicted molar refractivity (Wildman–Crippen MR) is 131 cm³/mol. The van der Waals surface area contributed by atoms with E-state index in [9.17, 15) is 18.3 Å². The lowest BCUT2D eigenvalue weighted by Crippen LogP contribution is -2.46. The normalized spacial score (nSPS) is 16.2. The molecule has 0 aliphatic carbocycles. The summed E-state index contributed by atoms with van der Waals surface area (Å²) in [5.74, 6) is -0.281. The molecule has 2 aromatic carbocycles. The molecule has 1 amide bonds. The maximum atomic E-state index is 13.1. The number of aromatic nitrogens is 1. The summed E-state index contributed by atoms with van der Waals surface area (Å²) >= 11 is 1.26. The number of para-hydroxylation sites is 1. The fourth-order valence-electron chi connectivity index (χ4n) is 4.30. The average Bonchev–Trinajstić information content (AvgIpc) is 3.18. The van der Waals surface area contributed by atoms with Gasteiger partial charge in [-0.2, -0.15) is 0 Å². The second-order valence-corrected chi connectivity index (χ2v) is 11.8. The fraction of sp³-hybridized carbons (Fsp3) is 0.417. The number of hydrogen-bond donors (Lipinski definition) is 2. The highest BCUT2D eigenvalue weighted by atomic mass is 32.2. The molecule has 0 atom stereocenters. The standard InChI is InChI=1S/C24H29N3O4S2/c1-2-3-11-24(29)12-14-27(15-13-24)22(28)18-9-7-17(8-10-18)16-33(30,31)20-6-4-5-19-21(20)26-23(25)32-19/h4-10,29H,2-3,11-16H2,1H3,(H2,25,26). The number of aliphatic hydroxyl groups is 1. The number of sulfone groups is 1. The molecule has 2 heterocycles. The van der Waals surface area contributed by atoms with Crippen molar-refractivity contribution in [2.24, 2.45) is 0 Å². The molecule has 4 rings (SSSR count). The summed E-state index contributed by atoms with van der Waals surface area (Å²) in [5, 5.41) is 11.0. The van der Waals surface area contributed by atoms with E-state index in [2.05, 4.69) is 11.9 Å². The van der Waals surface area contributed by atoms with Crippen LogP contribution in [0.25, 0.3) is 10.2 Å². The third kappa shape index (κ3) is 5.20. The van der Waals surface area contributed by atoms with Gasteiger partial charge >= 0.3 is 0 Å². The Labute approximate surface area is 198 Å². The van der Waals surface area contributed by atoms with E-state index < -0.39 is 15.4 Å². The molecule has 0 spiro atoms. The number of likely N-dealkylation sites (tertiary alicyclic amines) is 1. The van der Waals surface area contributed by atoms with Crippen LogP contribution in [-0.2, 0) is 15.6 Å². The molecule has 0 bridgehead atoms. The van der Waals surface area contributed by atoms with Crippen molar-refractivity contribution in [3.05, 3.63) is 53.6 Å². The van der Waals surface area contributed by atoms with Gasteiger partial charge in [0, 0.05) is 18.7 Å². The van der Waals surface area contributed by atoms with Gasteiger partial charge in [0.2, 0.25) is 0 Å². The Kier molecular flexibility index (Phi) is 6.74. The predicted octanol–water partition coefficient (Wildman–Crippen LogP) is 4.01. The molecule has 176 valence electrons. The molecule has 0 saturated carbocycles. The van der Waals surface area contributed by atoms with Gasteiger partial charge in [-0.3, -0.25) is 4.79 Å². The van der Waals surface area contributed by atoms with Crippen LogP contribution in [0.3, 0.4) is 0 Å². The van der Waals surface area contributed by atoms with E-state index in [0.29, 0.717) is 47.7 Å². The molecule has 1 aliphatic rings. The molecule has 33 heavy (non-hydrogen) atoms. The van der Waals surface area contributed by atoms with Crippen molar-refractivity contribution in [1.82, 2.24) is 9.88 Å². The molecule has 1 saturated heterocycles. The minimum Gasteiger partial charge on any atom is -0.390 e. The molecule has 3 aromatic rings. The Bertz CT molecular complexity index is 1240. The van der Waals surface area contributed by atoms with Gasteiger partial charge in [0.05, 0.1) is 20.9 Å². The van der Waals surface area contributed by atoms with Crippen LogP contribution in [0.2, 0.25) is 0 Å². The number of piperidine rings is 1. The molecule has 1 aromatic heterocycles. The number of fused-ring (bicyclic) bond motifs is 1. The van der Waals surface area contributed by atoms with Crippen LogP contribution in [0.4, 0.5) is 5.13 Å². The lowest BCUT2D eigenvalue weighted by Gasteiger charge is -2.38. The van der Waals surface area contributed by atoms with Crippen molar-refractivity contribution in [3.63, 3.8) is 0 Å². The number of unbranched alkanes of at least 4 members (excludes halogenated alkanes) is 1. The van der Waals surface area contributed by atoms with Gasteiger partial charge in [0.15, 0.2) is 15.0 Å². The molecule has 9 heteroatoms. The van der Waals surface area contributed by atoms with Gasteiger partial charge in [0.25, 0.3) is 5.91 Å². The molecular weight excluding hydrogens is 458 g/mol. The number of nitrogen functional groups attached to an aromatic ring is 1. The lowest BCUT2D eigenvalue weighted by atomic mass is 9.86. The SMILES string of the molecule is CCCCC1(O)CCN(C(=O)c2ccc(CS(=O)(=O)c3cccc4sc(N)nc34)cc2)CC1. The number of amides is 1. The number of thiazole rings is 1. The van der Waals surface area contributed by atoms with E-state index in [4.69, 9.17) is 5.73 Å². The summed E-state index contributed by atoms with van der Waals surface area (Å²) < 4.78 is 26.8. The van der Waals surface area contributed by atoms with Crippen LogP contribution >= 0.6 is 11.3 Å². The zero-order chi connectivity index (χ0) is 23.6. The van der Waals surface area contributed by atoms with E-state index in [1.165, 1.54) is 11.3 Å². The molecule has 0 unspecified atom stereocenters. The Morgan fingerprint density at radius 3 is 2.55 bits per heavy atom. The van der Waals surface area contributed by atoms with Gasteiger partial charge in [0.1, 0.15) is 5.52 Å². The largest absolute Gasteiger partial charge is 0.390 e.